The van der Waals surface area contributed by atoms with Crippen molar-refractivity contribution in [3.05, 3.63) is 46.6 Å². The normalized spacial score (nSPS) is 12.4. The second-order valence-corrected chi connectivity index (χ2v) is 5.41. The molecule has 1 unspecified atom stereocenters. The van der Waals surface area contributed by atoms with E-state index in [2.05, 4.69) is 17.3 Å². The molecule has 5 nitrogen and oxygen atoms in total. The highest BCUT2D eigenvalue weighted by atomic mass is 16.5. The maximum atomic E-state index is 10.3. The molecular weight excluding hydrogens is 278 g/mol. The number of aliphatic hydroxyl groups is 1. The van der Waals surface area contributed by atoms with E-state index < -0.39 is 6.10 Å². The molecule has 22 heavy (non-hydrogen) atoms. The molecule has 0 fully saturated rings. The van der Waals surface area contributed by atoms with Crippen LogP contribution in [-0.4, -0.2) is 28.5 Å². The predicted octanol–water partition coefficient (Wildman–Crippen LogP) is 2.12. The predicted molar refractivity (Wildman–Crippen MR) is 87.0 cm³/mol. The zero-order chi connectivity index (χ0) is 16.1. The number of hydrogen-bond acceptors (Lipinski definition) is 4. The zero-order valence-electron chi connectivity index (χ0n) is 13.8. The lowest BCUT2D eigenvalue weighted by atomic mass is 10.0. The van der Waals surface area contributed by atoms with Crippen molar-refractivity contribution in [2.24, 2.45) is 7.05 Å². The second-order valence-electron chi connectivity index (χ2n) is 5.41. The fraction of sp³-hybridized carbons (Fsp3) is 0.471. The third-order valence-electron chi connectivity index (χ3n) is 3.89. The Morgan fingerprint density at radius 3 is 2.73 bits per heavy atom. The van der Waals surface area contributed by atoms with Crippen molar-refractivity contribution < 1.29 is 9.84 Å². The Morgan fingerprint density at radius 2 is 2.09 bits per heavy atom. The summed E-state index contributed by atoms with van der Waals surface area (Å²) in [5, 5.41) is 18.1. The summed E-state index contributed by atoms with van der Waals surface area (Å²) in [6.07, 6.45) is 0.336. The van der Waals surface area contributed by atoms with E-state index in [9.17, 15) is 5.11 Å². The number of methoxy groups -OCH3 is 1. The van der Waals surface area contributed by atoms with Crippen molar-refractivity contribution in [1.82, 2.24) is 15.1 Å². The number of benzene rings is 1. The Balaban J connectivity index is 2.01. The van der Waals surface area contributed by atoms with Gasteiger partial charge in [-0.2, -0.15) is 5.10 Å². The van der Waals surface area contributed by atoms with Crippen LogP contribution in [0.1, 0.15) is 35.4 Å². The van der Waals surface area contributed by atoms with Gasteiger partial charge in [0.25, 0.3) is 0 Å². The molecule has 2 N–H and O–H groups in total. The second kappa shape index (κ2) is 7.42. The number of hydrogen-bond donors (Lipinski definition) is 2. The third kappa shape index (κ3) is 3.48. The molecule has 2 aromatic rings. The maximum Gasteiger partial charge on any atom is 0.216 e. The molecule has 5 heteroatoms. The Labute approximate surface area is 131 Å². The SMILES string of the molecule is CCc1nn(C)c(OC)c1CNCC(O)c1ccccc1C. The van der Waals surface area contributed by atoms with E-state index in [1.54, 1.807) is 11.8 Å². The van der Waals surface area contributed by atoms with E-state index in [1.807, 2.05) is 38.2 Å². The first-order valence-corrected chi connectivity index (χ1v) is 7.61. The molecule has 120 valence electrons. The Morgan fingerprint density at radius 1 is 1.36 bits per heavy atom. The van der Waals surface area contributed by atoms with Crippen LogP contribution in [0.2, 0.25) is 0 Å². The van der Waals surface area contributed by atoms with Gasteiger partial charge in [0.15, 0.2) is 0 Å². The summed E-state index contributed by atoms with van der Waals surface area (Å²) in [7, 11) is 3.53. The van der Waals surface area contributed by atoms with Crippen molar-refractivity contribution >= 4 is 0 Å². The molecule has 0 amide bonds. The van der Waals surface area contributed by atoms with Gasteiger partial charge in [0.2, 0.25) is 5.88 Å². The number of aromatic nitrogens is 2. The quantitative estimate of drug-likeness (QED) is 0.822. The number of nitrogens with zero attached hydrogens (tertiary/aromatic N) is 2. The van der Waals surface area contributed by atoms with Crippen molar-refractivity contribution in [1.29, 1.82) is 0 Å². The summed E-state index contributed by atoms with van der Waals surface area (Å²) < 4.78 is 7.18. The largest absolute Gasteiger partial charge is 0.481 e. The minimum absolute atomic E-state index is 0.492. The van der Waals surface area contributed by atoms with Crippen LogP contribution in [0.15, 0.2) is 24.3 Å². The van der Waals surface area contributed by atoms with E-state index in [1.165, 1.54) is 0 Å². The minimum atomic E-state index is -0.519. The van der Waals surface area contributed by atoms with E-state index in [0.717, 1.165) is 34.7 Å². The molecule has 2 rings (SSSR count). The fourth-order valence-corrected chi connectivity index (χ4v) is 2.73. The lowest BCUT2D eigenvalue weighted by molar-refractivity contribution is 0.173. The number of aryl methyl sites for hydroxylation is 3. The molecule has 1 aromatic heterocycles. The maximum absolute atomic E-state index is 10.3. The molecule has 1 heterocycles. The lowest BCUT2D eigenvalue weighted by Gasteiger charge is -2.15. The summed E-state index contributed by atoms with van der Waals surface area (Å²) in [5.41, 5.74) is 4.15. The van der Waals surface area contributed by atoms with Gasteiger partial charge in [-0.1, -0.05) is 31.2 Å². The molecule has 0 aliphatic heterocycles. The number of rotatable bonds is 7. The zero-order valence-corrected chi connectivity index (χ0v) is 13.8. The van der Waals surface area contributed by atoms with Gasteiger partial charge in [-0.05, 0) is 24.5 Å². The van der Waals surface area contributed by atoms with Gasteiger partial charge in [0.1, 0.15) is 0 Å². The fourth-order valence-electron chi connectivity index (χ4n) is 2.73. The van der Waals surface area contributed by atoms with Gasteiger partial charge in [0.05, 0.1) is 24.5 Å². The van der Waals surface area contributed by atoms with Gasteiger partial charge in [-0.15, -0.1) is 0 Å². The minimum Gasteiger partial charge on any atom is -0.481 e. The van der Waals surface area contributed by atoms with Crippen LogP contribution in [0, 0.1) is 6.92 Å². The summed E-state index contributed by atoms with van der Waals surface area (Å²) in [4.78, 5) is 0. The summed E-state index contributed by atoms with van der Waals surface area (Å²) in [5.74, 6) is 0.773. The Hall–Kier alpha value is -1.85. The van der Waals surface area contributed by atoms with Crippen LogP contribution >= 0.6 is 0 Å². The average Bonchev–Trinajstić information content (AvgIpc) is 2.82. The van der Waals surface area contributed by atoms with E-state index in [4.69, 9.17) is 4.74 Å². The van der Waals surface area contributed by atoms with Crippen molar-refractivity contribution in [2.45, 2.75) is 32.9 Å². The first-order valence-electron chi connectivity index (χ1n) is 7.61. The van der Waals surface area contributed by atoms with Gasteiger partial charge in [0, 0.05) is 20.1 Å². The third-order valence-corrected chi connectivity index (χ3v) is 3.89. The van der Waals surface area contributed by atoms with Crippen LogP contribution in [-0.2, 0) is 20.0 Å². The van der Waals surface area contributed by atoms with Gasteiger partial charge in [-0.3, -0.25) is 0 Å². The number of nitrogens with one attached hydrogen (secondary N) is 1. The van der Waals surface area contributed by atoms with E-state index in [0.29, 0.717) is 13.1 Å². The summed E-state index contributed by atoms with van der Waals surface area (Å²) >= 11 is 0. The highest BCUT2D eigenvalue weighted by molar-refractivity contribution is 5.32. The van der Waals surface area contributed by atoms with Crippen LogP contribution in [0.5, 0.6) is 5.88 Å². The number of ether oxygens (including phenoxy) is 1. The molecule has 0 bridgehead atoms. The van der Waals surface area contributed by atoms with Crippen molar-refractivity contribution in [3.8, 4) is 5.88 Å². The van der Waals surface area contributed by atoms with E-state index >= 15 is 0 Å². The average molecular weight is 303 g/mol. The number of aliphatic hydroxyl groups excluding tert-OH is 1. The molecule has 0 aliphatic carbocycles. The topological polar surface area (TPSA) is 59.3 Å². The van der Waals surface area contributed by atoms with E-state index in [-0.39, 0.29) is 0 Å². The lowest BCUT2D eigenvalue weighted by Crippen LogP contribution is -2.22. The first-order chi connectivity index (χ1) is 10.6. The molecule has 0 spiro atoms. The Bertz CT molecular complexity index is 622. The highest BCUT2D eigenvalue weighted by Crippen LogP contribution is 2.22. The highest BCUT2D eigenvalue weighted by Gasteiger charge is 2.16. The summed E-state index contributed by atoms with van der Waals surface area (Å²) in [6.45, 7) is 5.21. The Kier molecular flexibility index (Phi) is 5.57. The molecule has 0 saturated carbocycles. The standard InChI is InChI=1S/C17H25N3O2/c1-5-15-14(17(22-4)20(3)19-15)10-18-11-16(21)13-9-7-6-8-12(13)2/h6-9,16,18,21H,5,10-11H2,1-4H3. The molecular formula is C17H25N3O2. The van der Waals surface area contributed by atoms with Gasteiger partial charge in [-0.25, -0.2) is 4.68 Å². The van der Waals surface area contributed by atoms with Crippen molar-refractivity contribution in [2.75, 3.05) is 13.7 Å². The monoisotopic (exact) mass is 303 g/mol. The smallest absolute Gasteiger partial charge is 0.216 e. The van der Waals surface area contributed by atoms with Crippen LogP contribution in [0.4, 0.5) is 0 Å². The molecule has 1 atom stereocenters. The molecule has 0 radical (unpaired) electrons. The molecule has 1 aromatic carbocycles. The van der Waals surface area contributed by atoms with Crippen LogP contribution < -0.4 is 10.1 Å². The van der Waals surface area contributed by atoms with Crippen molar-refractivity contribution in [3.63, 3.8) is 0 Å². The first kappa shape index (κ1) is 16.5. The summed E-state index contributed by atoms with van der Waals surface area (Å²) in [6, 6.07) is 7.90. The van der Waals surface area contributed by atoms with Gasteiger partial charge < -0.3 is 15.2 Å². The molecule has 0 saturated heterocycles. The van der Waals surface area contributed by atoms with Crippen LogP contribution in [0.25, 0.3) is 0 Å². The van der Waals surface area contributed by atoms with Gasteiger partial charge >= 0.3 is 0 Å². The molecule has 0 aliphatic rings. The van der Waals surface area contributed by atoms with Crippen LogP contribution in [0.3, 0.4) is 0 Å².